The average molecular weight is 269 g/mol. The molecule has 0 atom stereocenters. The van der Waals surface area contributed by atoms with Crippen molar-refractivity contribution in [2.45, 2.75) is 25.9 Å². The van der Waals surface area contributed by atoms with Crippen LogP contribution in [0.1, 0.15) is 25.0 Å². The minimum Gasteiger partial charge on any atom is -0.409 e. The van der Waals surface area contributed by atoms with E-state index in [4.69, 9.17) is 10.9 Å². The molecule has 106 valence electrons. The third-order valence-electron chi connectivity index (χ3n) is 3.28. The van der Waals surface area contributed by atoms with E-state index < -0.39 is 11.4 Å². The number of halogens is 1. The second kappa shape index (κ2) is 5.99. The average Bonchev–Trinajstić information content (AvgIpc) is 2.39. The molecule has 0 unspecified atom stereocenters. The maximum atomic E-state index is 13.9. The molecular weight excluding hydrogens is 249 g/mol. The smallest absolute Gasteiger partial charge is 0.170 e. The Hall–Kier alpha value is -1.66. The molecule has 0 aliphatic heterocycles. The summed E-state index contributed by atoms with van der Waals surface area (Å²) in [6, 6.07) is 4.41. The van der Waals surface area contributed by atoms with Gasteiger partial charge < -0.3 is 16.0 Å². The quantitative estimate of drug-likeness (QED) is 0.324. The van der Waals surface area contributed by atoms with Crippen molar-refractivity contribution >= 4 is 5.84 Å². The van der Waals surface area contributed by atoms with E-state index in [9.17, 15) is 9.50 Å². The molecule has 0 radical (unpaired) electrons. The fraction of sp³-hybridized carbons (Fsp3) is 0.462. The van der Waals surface area contributed by atoms with Crippen LogP contribution in [0.5, 0.6) is 0 Å². The van der Waals surface area contributed by atoms with Crippen molar-refractivity contribution in [3.8, 4) is 0 Å². The molecule has 0 bridgehead atoms. The number of aliphatic hydroxyl groups excluding tert-OH is 1. The van der Waals surface area contributed by atoms with Crippen molar-refractivity contribution in [1.29, 1.82) is 0 Å². The first kappa shape index (κ1) is 15.4. The fourth-order valence-electron chi connectivity index (χ4n) is 1.48. The third-order valence-corrected chi connectivity index (χ3v) is 3.28. The van der Waals surface area contributed by atoms with Crippen molar-refractivity contribution < 1.29 is 14.7 Å². The monoisotopic (exact) mass is 269 g/mol. The molecule has 4 N–H and O–H groups in total. The molecule has 0 heterocycles. The Morgan fingerprint density at radius 3 is 2.58 bits per heavy atom. The molecule has 5 nitrogen and oxygen atoms in total. The molecule has 1 aromatic carbocycles. The lowest BCUT2D eigenvalue weighted by Crippen LogP contribution is -2.43. The van der Waals surface area contributed by atoms with Gasteiger partial charge >= 0.3 is 0 Å². The number of oxime groups is 1. The first-order chi connectivity index (χ1) is 8.81. The SMILES string of the molecule is CN(Cc1ccc(/C(N)=N/O)cc1F)C(C)(C)CO. The van der Waals surface area contributed by atoms with E-state index in [1.807, 2.05) is 25.8 Å². The van der Waals surface area contributed by atoms with Crippen LogP contribution in [0.3, 0.4) is 0 Å². The van der Waals surface area contributed by atoms with Crippen LogP contribution in [-0.2, 0) is 6.54 Å². The van der Waals surface area contributed by atoms with Gasteiger partial charge in [-0.3, -0.25) is 4.90 Å². The summed E-state index contributed by atoms with van der Waals surface area (Å²) < 4.78 is 13.9. The second-order valence-corrected chi connectivity index (χ2v) is 5.12. The molecule has 0 fully saturated rings. The Morgan fingerprint density at radius 1 is 1.47 bits per heavy atom. The van der Waals surface area contributed by atoms with E-state index in [0.29, 0.717) is 17.7 Å². The van der Waals surface area contributed by atoms with Gasteiger partial charge in [0, 0.05) is 23.2 Å². The lowest BCUT2D eigenvalue weighted by atomic mass is 10.0. The molecule has 0 spiro atoms. The predicted octanol–water partition coefficient (Wildman–Crippen LogP) is 1.12. The summed E-state index contributed by atoms with van der Waals surface area (Å²) in [5.74, 6) is -0.556. The zero-order valence-electron chi connectivity index (χ0n) is 11.4. The van der Waals surface area contributed by atoms with Gasteiger partial charge in [0.15, 0.2) is 5.84 Å². The lowest BCUT2D eigenvalue weighted by Gasteiger charge is -2.34. The van der Waals surface area contributed by atoms with Gasteiger partial charge in [0.2, 0.25) is 0 Å². The van der Waals surface area contributed by atoms with E-state index in [0.717, 1.165) is 0 Å². The Kier molecular flexibility index (Phi) is 4.85. The van der Waals surface area contributed by atoms with Crippen molar-refractivity contribution in [1.82, 2.24) is 4.90 Å². The van der Waals surface area contributed by atoms with Crippen LogP contribution < -0.4 is 5.73 Å². The summed E-state index contributed by atoms with van der Waals surface area (Å²) in [4.78, 5) is 1.86. The summed E-state index contributed by atoms with van der Waals surface area (Å²) in [5, 5.41) is 20.6. The Bertz CT molecular complexity index is 475. The highest BCUT2D eigenvalue weighted by molar-refractivity contribution is 5.97. The van der Waals surface area contributed by atoms with E-state index in [2.05, 4.69) is 5.16 Å². The molecule has 1 rings (SSSR count). The number of aliphatic hydroxyl groups is 1. The summed E-state index contributed by atoms with van der Waals surface area (Å²) in [5.41, 5.74) is 5.77. The molecule has 6 heteroatoms. The number of hydrogen-bond acceptors (Lipinski definition) is 4. The summed E-state index contributed by atoms with van der Waals surface area (Å²) >= 11 is 0. The van der Waals surface area contributed by atoms with Crippen LogP contribution in [0.4, 0.5) is 4.39 Å². The standard InChI is InChI=1S/C13H20FN3O2/c1-13(2,8-18)17(3)7-10-5-4-9(6-11(10)14)12(15)16-19/h4-6,18-19H,7-8H2,1-3H3,(H2,15,16). The van der Waals surface area contributed by atoms with E-state index >= 15 is 0 Å². The minimum absolute atomic E-state index is 0.0205. The molecule has 0 saturated carbocycles. The highest BCUT2D eigenvalue weighted by Gasteiger charge is 2.23. The summed E-state index contributed by atoms with van der Waals surface area (Å²) in [7, 11) is 1.81. The molecule has 0 aliphatic carbocycles. The van der Waals surface area contributed by atoms with Gasteiger partial charge in [0.25, 0.3) is 0 Å². The van der Waals surface area contributed by atoms with Crippen molar-refractivity contribution in [3.63, 3.8) is 0 Å². The Labute approximate surface area is 112 Å². The van der Waals surface area contributed by atoms with Gasteiger partial charge in [-0.15, -0.1) is 0 Å². The molecule has 0 aromatic heterocycles. The number of nitrogens with zero attached hydrogens (tertiary/aromatic N) is 2. The molecule has 0 aliphatic rings. The number of amidine groups is 1. The second-order valence-electron chi connectivity index (χ2n) is 5.12. The van der Waals surface area contributed by atoms with E-state index in [-0.39, 0.29) is 12.4 Å². The van der Waals surface area contributed by atoms with Crippen molar-refractivity contribution in [3.05, 3.63) is 35.1 Å². The number of likely N-dealkylation sites (N-methyl/N-ethyl adjacent to an activating group) is 1. The molecule has 1 aromatic rings. The van der Waals surface area contributed by atoms with Crippen molar-refractivity contribution in [2.24, 2.45) is 10.9 Å². The lowest BCUT2D eigenvalue weighted by molar-refractivity contribution is 0.0726. The van der Waals surface area contributed by atoms with Gasteiger partial charge in [-0.05, 0) is 27.0 Å². The van der Waals surface area contributed by atoms with E-state index in [1.54, 1.807) is 12.1 Å². The van der Waals surface area contributed by atoms with Gasteiger partial charge in [0.1, 0.15) is 5.82 Å². The van der Waals surface area contributed by atoms with Gasteiger partial charge in [-0.25, -0.2) is 4.39 Å². The van der Waals surface area contributed by atoms with Gasteiger partial charge in [-0.1, -0.05) is 17.3 Å². The highest BCUT2D eigenvalue weighted by Crippen LogP contribution is 2.18. The fourth-order valence-corrected chi connectivity index (χ4v) is 1.48. The Morgan fingerprint density at radius 2 is 2.11 bits per heavy atom. The zero-order valence-corrected chi connectivity index (χ0v) is 11.4. The van der Waals surface area contributed by atoms with Crippen LogP contribution in [0.15, 0.2) is 23.4 Å². The first-order valence-corrected chi connectivity index (χ1v) is 5.90. The summed E-state index contributed by atoms with van der Waals surface area (Å²) in [6.07, 6.45) is 0. The van der Waals surface area contributed by atoms with Crippen LogP contribution in [0, 0.1) is 5.82 Å². The number of nitrogens with two attached hydrogens (primary N) is 1. The number of hydrogen-bond donors (Lipinski definition) is 3. The third kappa shape index (κ3) is 3.65. The van der Waals surface area contributed by atoms with Crippen molar-refractivity contribution in [2.75, 3.05) is 13.7 Å². The topological polar surface area (TPSA) is 82.1 Å². The van der Waals surface area contributed by atoms with Gasteiger partial charge in [-0.2, -0.15) is 0 Å². The first-order valence-electron chi connectivity index (χ1n) is 5.90. The van der Waals surface area contributed by atoms with E-state index in [1.165, 1.54) is 6.07 Å². The van der Waals surface area contributed by atoms with Crippen LogP contribution in [0.2, 0.25) is 0 Å². The van der Waals surface area contributed by atoms with Gasteiger partial charge in [0.05, 0.1) is 6.61 Å². The molecule has 0 saturated heterocycles. The van der Waals surface area contributed by atoms with Crippen LogP contribution >= 0.6 is 0 Å². The maximum Gasteiger partial charge on any atom is 0.170 e. The normalized spacial score (nSPS) is 13.1. The predicted molar refractivity (Wildman–Crippen MR) is 71.5 cm³/mol. The number of benzene rings is 1. The van der Waals surface area contributed by atoms with Crippen LogP contribution in [0.25, 0.3) is 0 Å². The zero-order chi connectivity index (χ0) is 14.6. The minimum atomic E-state index is -0.434. The maximum absolute atomic E-state index is 13.9. The summed E-state index contributed by atoms with van der Waals surface area (Å²) in [6.45, 7) is 4.08. The number of rotatable bonds is 5. The molecule has 0 amide bonds. The molecule has 19 heavy (non-hydrogen) atoms. The Balaban J connectivity index is 2.93. The largest absolute Gasteiger partial charge is 0.409 e. The van der Waals surface area contributed by atoms with Crippen LogP contribution in [-0.4, -0.2) is 40.2 Å². The highest BCUT2D eigenvalue weighted by atomic mass is 19.1. The molecular formula is C13H20FN3O2.